The first-order valence-corrected chi connectivity index (χ1v) is 11.3. The van der Waals surface area contributed by atoms with Gasteiger partial charge in [-0.15, -0.1) is 11.3 Å². The Kier molecular flexibility index (Phi) is 12.8. The zero-order chi connectivity index (χ0) is 19.9. The molecule has 0 aliphatic heterocycles. The van der Waals surface area contributed by atoms with E-state index in [1.54, 1.807) is 5.38 Å². The molecule has 1 heterocycles. The molecule has 0 saturated carbocycles. The predicted octanol–water partition coefficient (Wildman–Crippen LogP) is 5.59. The van der Waals surface area contributed by atoms with E-state index in [1.165, 1.54) is 50.6 Å². The molecule has 0 radical (unpaired) electrons. The third-order valence-corrected chi connectivity index (χ3v) is 5.48. The lowest BCUT2D eigenvalue weighted by molar-refractivity contribution is -0.132. The summed E-state index contributed by atoms with van der Waals surface area (Å²) in [6.45, 7) is 5.63. The minimum atomic E-state index is -0.426. The van der Waals surface area contributed by atoms with Crippen LogP contribution in [0.1, 0.15) is 100.0 Å². The van der Waals surface area contributed by atoms with Crippen LogP contribution in [0.4, 0.5) is 0 Å². The quantitative estimate of drug-likeness (QED) is 0.286. The number of amides is 1. The minimum absolute atomic E-state index is 0.203. The normalized spacial score (nSPS) is 10.8. The molecule has 27 heavy (non-hydrogen) atoms. The Hall–Kier alpha value is -1.43. The van der Waals surface area contributed by atoms with Crippen molar-refractivity contribution in [2.24, 2.45) is 0 Å². The molecule has 6 heteroatoms. The van der Waals surface area contributed by atoms with Gasteiger partial charge in [-0.2, -0.15) is 0 Å². The summed E-state index contributed by atoms with van der Waals surface area (Å²) in [4.78, 5) is 30.5. The molecule has 1 aromatic rings. The number of nitrogens with zero attached hydrogens (tertiary/aromatic N) is 2. The third-order valence-electron chi connectivity index (χ3n) is 4.65. The van der Waals surface area contributed by atoms with E-state index >= 15 is 0 Å². The van der Waals surface area contributed by atoms with Gasteiger partial charge in [0.05, 0.1) is 13.7 Å². The first-order valence-electron chi connectivity index (χ1n) is 10.4. The lowest BCUT2D eigenvalue weighted by Crippen LogP contribution is -2.31. The Morgan fingerprint density at radius 2 is 1.63 bits per heavy atom. The average molecular weight is 397 g/mol. The molecule has 0 aliphatic carbocycles. The Bertz CT molecular complexity index is 545. The summed E-state index contributed by atoms with van der Waals surface area (Å²) in [7, 11) is 1.35. The minimum Gasteiger partial charge on any atom is -0.464 e. The number of rotatable bonds is 15. The molecule has 0 fully saturated rings. The van der Waals surface area contributed by atoms with Gasteiger partial charge in [0.1, 0.15) is 5.01 Å². The molecule has 1 aromatic heterocycles. The van der Waals surface area contributed by atoms with E-state index in [2.05, 4.69) is 18.8 Å². The van der Waals surface area contributed by atoms with Gasteiger partial charge >= 0.3 is 5.97 Å². The van der Waals surface area contributed by atoms with Crippen molar-refractivity contribution < 1.29 is 14.3 Å². The Balaban J connectivity index is 2.48. The van der Waals surface area contributed by atoms with Crippen LogP contribution in [0.25, 0.3) is 0 Å². The molecule has 1 amide bonds. The second kappa shape index (κ2) is 14.6. The van der Waals surface area contributed by atoms with Gasteiger partial charge < -0.3 is 9.64 Å². The van der Waals surface area contributed by atoms with E-state index in [9.17, 15) is 9.59 Å². The second-order valence-electron chi connectivity index (χ2n) is 7.01. The largest absolute Gasteiger partial charge is 0.464 e. The van der Waals surface area contributed by atoms with Crippen LogP contribution < -0.4 is 0 Å². The van der Waals surface area contributed by atoms with E-state index < -0.39 is 5.97 Å². The topological polar surface area (TPSA) is 59.5 Å². The summed E-state index contributed by atoms with van der Waals surface area (Å²) in [6.07, 6.45) is 12.3. The summed E-state index contributed by atoms with van der Waals surface area (Å²) in [6, 6.07) is 0. The number of ether oxygens (including phenoxy) is 1. The molecule has 0 atom stereocenters. The van der Waals surface area contributed by atoms with Crippen LogP contribution in [0.5, 0.6) is 0 Å². The summed E-state index contributed by atoms with van der Waals surface area (Å²) >= 11 is 1.41. The molecule has 0 aliphatic rings. The molecule has 0 aromatic carbocycles. The van der Waals surface area contributed by atoms with Crippen LogP contribution in [0, 0.1) is 0 Å². The molecule has 0 spiro atoms. The van der Waals surface area contributed by atoms with Gasteiger partial charge in [-0.05, 0) is 12.8 Å². The zero-order valence-corrected chi connectivity index (χ0v) is 18.1. The summed E-state index contributed by atoms with van der Waals surface area (Å²) in [5, 5.41) is 2.49. The fourth-order valence-electron chi connectivity index (χ4n) is 2.98. The van der Waals surface area contributed by atoms with Crippen LogP contribution in [0.2, 0.25) is 0 Å². The average Bonchev–Trinajstić information content (AvgIpc) is 3.14. The zero-order valence-electron chi connectivity index (χ0n) is 17.3. The SMILES string of the molecule is CCCCCCCCCC(=O)N(CCCCC)Cc1nc(C(=O)OC)cs1. The van der Waals surface area contributed by atoms with Crippen LogP contribution in [0.3, 0.4) is 0 Å². The number of carbonyl (C=O) groups is 2. The molecular formula is C21H36N2O3S. The summed E-state index contributed by atoms with van der Waals surface area (Å²) in [5.74, 6) is -0.223. The molecule has 0 unspecified atom stereocenters. The molecule has 154 valence electrons. The van der Waals surface area contributed by atoms with Crippen LogP contribution in [0.15, 0.2) is 5.38 Å². The van der Waals surface area contributed by atoms with E-state index in [0.717, 1.165) is 43.7 Å². The molecule has 0 bridgehead atoms. The maximum atomic E-state index is 12.7. The standard InChI is InChI=1S/C21H36N2O3S/c1-4-6-8-9-10-11-12-14-20(24)23(15-13-7-5-2)16-19-22-18(17-27-19)21(25)26-3/h17H,4-16H2,1-3H3. The lowest BCUT2D eigenvalue weighted by atomic mass is 10.1. The monoisotopic (exact) mass is 396 g/mol. The second-order valence-corrected chi connectivity index (χ2v) is 7.95. The fourth-order valence-corrected chi connectivity index (χ4v) is 3.76. The molecule has 1 rings (SSSR count). The number of thiazole rings is 1. The van der Waals surface area contributed by atoms with Crippen LogP contribution in [-0.4, -0.2) is 35.4 Å². The highest BCUT2D eigenvalue weighted by molar-refractivity contribution is 7.09. The van der Waals surface area contributed by atoms with Crippen molar-refractivity contribution in [2.75, 3.05) is 13.7 Å². The van der Waals surface area contributed by atoms with E-state index in [-0.39, 0.29) is 5.91 Å². The number of hydrogen-bond acceptors (Lipinski definition) is 5. The number of esters is 1. The number of aromatic nitrogens is 1. The van der Waals surface area contributed by atoms with Gasteiger partial charge in [0.2, 0.25) is 5.91 Å². The van der Waals surface area contributed by atoms with Gasteiger partial charge in [0.15, 0.2) is 5.69 Å². The molecule has 5 nitrogen and oxygen atoms in total. The maximum absolute atomic E-state index is 12.7. The summed E-state index contributed by atoms with van der Waals surface area (Å²) in [5.41, 5.74) is 0.325. The highest BCUT2D eigenvalue weighted by Gasteiger charge is 2.17. The van der Waals surface area contributed by atoms with Crippen molar-refractivity contribution in [3.8, 4) is 0 Å². The van der Waals surface area contributed by atoms with Crippen molar-refractivity contribution >= 4 is 23.2 Å². The Labute approximate surface area is 168 Å². The Morgan fingerprint density at radius 1 is 1.00 bits per heavy atom. The maximum Gasteiger partial charge on any atom is 0.357 e. The first kappa shape index (κ1) is 23.6. The van der Waals surface area contributed by atoms with Gasteiger partial charge in [0, 0.05) is 18.3 Å². The number of hydrogen-bond donors (Lipinski definition) is 0. The van der Waals surface area contributed by atoms with Gasteiger partial charge in [0.25, 0.3) is 0 Å². The number of carbonyl (C=O) groups excluding carboxylic acids is 2. The lowest BCUT2D eigenvalue weighted by Gasteiger charge is -2.21. The van der Waals surface area contributed by atoms with Gasteiger partial charge in [-0.1, -0.05) is 65.2 Å². The van der Waals surface area contributed by atoms with Crippen molar-refractivity contribution in [1.82, 2.24) is 9.88 Å². The van der Waals surface area contributed by atoms with Crippen molar-refractivity contribution in [2.45, 2.75) is 91.0 Å². The predicted molar refractivity (Wildman–Crippen MR) is 111 cm³/mol. The van der Waals surface area contributed by atoms with E-state index in [4.69, 9.17) is 4.74 Å². The fraction of sp³-hybridized carbons (Fsp3) is 0.762. The molecular weight excluding hydrogens is 360 g/mol. The number of methoxy groups -OCH3 is 1. The number of unbranched alkanes of at least 4 members (excludes halogenated alkanes) is 8. The van der Waals surface area contributed by atoms with Crippen molar-refractivity contribution in [3.63, 3.8) is 0 Å². The molecule has 0 saturated heterocycles. The van der Waals surface area contributed by atoms with E-state index in [0.29, 0.717) is 18.7 Å². The van der Waals surface area contributed by atoms with Crippen molar-refractivity contribution in [1.29, 1.82) is 0 Å². The van der Waals surface area contributed by atoms with Crippen LogP contribution in [-0.2, 0) is 16.1 Å². The Morgan fingerprint density at radius 3 is 2.30 bits per heavy atom. The summed E-state index contributed by atoms with van der Waals surface area (Å²) < 4.78 is 4.71. The third kappa shape index (κ3) is 9.89. The van der Waals surface area contributed by atoms with Crippen LogP contribution >= 0.6 is 11.3 Å². The first-order chi connectivity index (χ1) is 13.1. The smallest absolute Gasteiger partial charge is 0.357 e. The van der Waals surface area contributed by atoms with Gasteiger partial charge in [-0.25, -0.2) is 9.78 Å². The van der Waals surface area contributed by atoms with Gasteiger partial charge in [-0.3, -0.25) is 4.79 Å². The van der Waals surface area contributed by atoms with Crippen molar-refractivity contribution in [3.05, 3.63) is 16.1 Å². The highest BCUT2D eigenvalue weighted by atomic mass is 32.1. The van der Waals surface area contributed by atoms with E-state index in [1.807, 2.05) is 4.90 Å². The highest BCUT2D eigenvalue weighted by Crippen LogP contribution is 2.16. The molecule has 0 N–H and O–H groups in total.